The second kappa shape index (κ2) is 9.19. The van der Waals surface area contributed by atoms with Gasteiger partial charge in [-0.3, -0.25) is 9.69 Å². The Kier molecular flexibility index (Phi) is 8.32. The second-order valence-corrected chi connectivity index (χ2v) is 6.33. The number of piperidine rings is 2. The Labute approximate surface area is 140 Å². The second-order valence-electron chi connectivity index (χ2n) is 6.33. The SMILES string of the molecule is Cl.Cl.O=C(C1CCCCN1)N1CCCC(N2CCCC2)C1. The average molecular weight is 338 g/mol. The maximum atomic E-state index is 12.6. The van der Waals surface area contributed by atoms with Crippen LogP contribution in [-0.2, 0) is 4.79 Å². The van der Waals surface area contributed by atoms with E-state index in [1.165, 1.54) is 51.6 Å². The number of carbonyl (C=O) groups excluding carboxylic acids is 1. The maximum Gasteiger partial charge on any atom is 0.239 e. The summed E-state index contributed by atoms with van der Waals surface area (Å²) in [5.74, 6) is 0.364. The fraction of sp³-hybridized carbons (Fsp3) is 0.933. The number of rotatable bonds is 2. The third kappa shape index (κ3) is 4.72. The topological polar surface area (TPSA) is 35.6 Å². The van der Waals surface area contributed by atoms with E-state index in [0.717, 1.165) is 26.1 Å². The fourth-order valence-corrected chi connectivity index (χ4v) is 3.84. The van der Waals surface area contributed by atoms with Crippen molar-refractivity contribution in [2.24, 2.45) is 0 Å². The summed E-state index contributed by atoms with van der Waals surface area (Å²) >= 11 is 0. The molecule has 0 aromatic carbocycles. The molecular formula is C15H29Cl2N3O. The Hall–Kier alpha value is -0.0300. The van der Waals surface area contributed by atoms with E-state index >= 15 is 0 Å². The van der Waals surface area contributed by atoms with Gasteiger partial charge in [-0.25, -0.2) is 0 Å². The molecule has 21 heavy (non-hydrogen) atoms. The number of likely N-dealkylation sites (tertiary alicyclic amines) is 2. The Morgan fingerprint density at radius 3 is 2.33 bits per heavy atom. The van der Waals surface area contributed by atoms with Crippen molar-refractivity contribution in [1.29, 1.82) is 0 Å². The Morgan fingerprint density at radius 2 is 1.67 bits per heavy atom. The number of amides is 1. The number of nitrogens with one attached hydrogen (secondary N) is 1. The van der Waals surface area contributed by atoms with Crippen molar-refractivity contribution in [2.75, 3.05) is 32.7 Å². The van der Waals surface area contributed by atoms with Gasteiger partial charge in [-0.2, -0.15) is 0 Å². The molecule has 0 radical (unpaired) electrons. The number of carbonyl (C=O) groups is 1. The molecule has 6 heteroatoms. The lowest BCUT2D eigenvalue weighted by Gasteiger charge is -2.39. The summed E-state index contributed by atoms with van der Waals surface area (Å²) in [5, 5.41) is 3.40. The van der Waals surface area contributed by atoms with Crippen LogP contribution in [0.25, 0.3) is 0 Å². The van der Waals surface area contributed by atoms with Crippen LogP contribution in [0.1, 0.15) is 44.9 Å². The van der Waals surface area contributed by atoms with Crippen molar-refractivity contribution in [2.45, 2.75) is 57.0 Å². The van der Waals surface area contributed by atoms with E-state index in [-0.39, 0.29) is 30.9 Å². The molecule has 0 bridgehead atoms. The van der Waals surface area contributed by atoms with Crippen LogP contribution in [0.2, 0.25) is 0 Å². The van der Waals surface area contributed by atoms with E-state index in [9.17, 15) is 4.79 Å². The number of hydrogen-bond donors (Lipinski definition) is 1. The molecule has 1 amide bonds. The zero-order chi connectivity index (χ0) is 13.1. The molecule has 2 unspecified atom stereocenters. The minimum Gasteiger partial charge on any atom is -0.340 e. The van der Waals surface area contributed by atoms with Crippen LogP contribution in [0.4, 0.5) is 0 Å². The molecule has 3 rings (SSSR count). The first-order valence-electron chi connectivity index (χ1n) is 8.11. The largest absolute Gasteiger partial charge is 0.340 e. The van der Waals surface area contributed by atoms with E-state index in [1.807, 2.05) is 0 Å². The number of hydrogen-bond acceptors (Lipinski definition) is 3. The fourth-order valence-electron chi connectivity index (χ4n) is 3.84. The van der Waals surface area contributed by atoms with Crippen molar-refractivity contribution in [3.63, 3.8) is 0 Å². The zero-order valence-corrected chi connectivity index (χ0v) is 14.4. The lowest BCUT2D eigenvalue weighted by Crippen LogP contribution is -2.54. The van der Waals surface area contributed by atoms with E-state index in [0.29, 0.717) is 11.9 Å². The number of halogens is 2. The first-order chi connectivity index (χ1) is 9.34. The van der Waals surface area contributed by atoms with Gasteiger partial charge in [0.1, 0.15) is 0 Å². The average Bonchev–Trinajstić information content (AvgIpc) is 3.02. The van der Waals surface area contributed by atoms with Gasteiger partial charge in [0.05, 0.1) is 6.04 Å². The standard InChI is InChI=1S/C15H27N3O.2ClH/c19-15(14-7-1-2-8-16-14)18-11-5-6-13(12-18)17-9-3-4-10-17;;/h13-14,16H,1-12H2;2*1H. The highest BCUT2D eigenvalue weighted by molar-refractivity contribution is 5.85. The number of nitrogens with zero attached hydrogens (tertiary/aromatic N) is 2. The van der Waals surface area contributed by atoms with Gasteiger partial charge in [-0.1, -0.05) is 6.42 Å². The highest BCUT2D eigenvalue weighted by Crippen LogP contribution is 2.21. The van der Waals surface area contributed by atoms with Crippen molar-refractivity contribution in [3.8, 4) is 0 Å². The van der Waals surface area contributed by atoms with Crippen molar-refractivity contribution in [3.05, 3.63) is 0 Å². The molecule has 3 aliphatic rings. The quantitative estimate of drug-likeness (QED) is 0.837. The van der Waals surface area contributed by atoms with Gasteiger partial charge in [0.15, 0.2) is 0 Å². The highest BCUT2D eigenvalue weighted by Gasteiger charge is 2.32. The lowest BCUT2D eigenvalue weighted by atomic mass is 10.00. The molecule has 3 aliphatic heterocycles. The predicted molar refractivity (Wildman–Crippen MR) is 90.5 cm³/mol. The Balaban J connectivity index is 0.00000110. The molecule has 0 saturated carbocycles. The van der Waals surface area contributed by atoms with Gasteiger partial charge >= 0.3 is 0 Å². The van der Waals surface area contributed by atoms with Crippen LogP contribution in [0.15, 0.2) is 0 Å². The van der Waals surface area contributed by atoms with E-state index < -0.39 is 0 Å². The normalized spacial score (nSPS) is 30.4. The smallest absolute Gasteiger partial charge is 0.239 e. The summed E-state index contributed by atoms with van der Waals surface area (Å²) in [6.45, 7) is 5.45. The van der Waals surface area contributed by atoms with E-state index in [2.05, 4.69) is 15.1 Å². The van der Waals surface area contributed by atoms with Gasteiger partial charge in [0.2, 0.25) is 5.91 Å². The molecular weight excluding hydrogens is 309 g/mol. The maximum absolute atomic E-state index is 12.6. The monoisotopic (exact) mass is 337 g/mol. The molecule has 0 aromatic rings. The summed E-state index contributed by atoms with van der Waals surface area (Å²) < 4.78 is 0. The Morgan fingerprint density at radius 1 is 0.905 bits per heavy atom. The van der Waals surface area contributed by atoms with Crippen LogP contribution in [0.3, 0.4) is 0 Å². The minimum atomic E-state index is 0. The van der Waals surface area contributed by atoms with Crippen molar-refractivity contribution < 1.29 is 4.79 Å². The van der Waals surface area contributed by atoms with Crippen molar-refractivity contribution >= 4 is 30.7 Å². The zero-order valence-electron chi connectivity index (χ0n) is 12.8. The third-order valence-corrected chi connectivity index (χ3v) is 4.97. The molecule has 0 aromatic heterocycles. The molecule has 0 aliphatic carbocycles. The molecule has 3 fully saturated rings. The molecule has 3 saturated heterocycles. The highest BCUT2D eigenvalue weighted by atomic mass is 35.5. The lowest BCUT2D eigenvalue weighted by molar-refractivity contribution is -0.136. The van der Waals surface area contributed by atoms with Crippen LogP contribution in [0, 0.1) is 0 Å². The molecule has 4 nitrogen and oxygen atoms in total. The van der Waals surface area contributed by atoms with Crippen LogP contribution in [0.5, 0.6) is 0 Å². The van der Waals surface area contributed by atoms with Crippen LogP contribution >= 0.6 is 24.8 Å². The van der Waals surface area contributed by atoms with E-state index in [4.69, 9.17) is 0 Å². The Bertz CT molecular complexity index is 318. The molecule has 1 N–H and O–H groups in total. The summed E-state index contributed by atoms with van der Waals surface area (Å²) in [6.07, 6.45) is 8.60. The first kappa shape index (κ1) is 19.0. The third-order valence-electron chi connectivity index (χ3n) is 4.97. The van der Waals surface area contributed by atoms with E-state index in [1.54, 1.807) is 0 Å². The molecule has 0 spiro atoms. The van der Waals surface area contributed by atoms with Gasteiger partial charge in [-0.05, 0) is 58.2 Å². The van der Waals surface area contributed by atoms with Gasteiger partial charge in [0, 0.05) is 19.1 Å². The predicted octanol–water partition coefficient (Wildman–Crippen LogP) is 2.06. The summed E-state index contributed by atoms with van der Waals surface area (Å²) in [4.78, 5) is 17.3. The van der Waals surface area contributed by atoms with Gasteiger partial charge < -0.3 is 10.2 Å². The van der Waals surface area contributed by atoms with Crippen molar-refractivity contribution in [1.82, 2.24) is 15.1 Å². The van der Waals surface area contributed by atoms with Gasteiger partial charge in [0.25, 0.3) is 0 Å². The molecule has 2 atom stereocenters. The summed E-state index contributed by atoms with van der Waals surface area (Å²) in [7, 11) is 0. The molecule has 3 heterocycles. The van der Waals surface area contributed by atoms with Crippen LogP contribution < -0.4 is 5.32 Å². The molecule has 124 valence electrons. The first-order valence-corrected chi connectivity index (χ1v) is 8.11. The van der Waals surface area contributed by atoms with Gasteiger partial charge in [-0.15, -0.1) is 24.8 Å². The summed E-state index contributed by atoms with van der Waals surface area (Å²) in [5.41, 5.74) is 0. The van der Waals surface area contributed by atoms with Crippen LogP contribution in [-0.4, -0.2) is 60.5 Å². The minimum absolute atomic E-state index is 0. The summed E-state index contributed by atoms with van der Waals surface area (Å²) in [6, 6.07) is 0.731.